The molecule has 0 aromatic heterocycles. The van der Waals surface area contributed by atoms with Crippen molar-refractivity contribution >= 4 is 0 Å². The first-order chi connectivity index (χ1) is 7.95. The highest BCUT2D eigenvalue weighted by atomic mass is 15.8. The summed E-state index contributed by atoms with van der Waals surface area (Å²) in [6, 6.07) is 1.56. The predicted molar refractivity (Wildman–Crippen MR) is 65.7 cm³/mol. The van der Waals surface area contributed by atoms with Crippen LogP contribution in [0.2, 0.25) is 0 Å². The first-order valence-electron chi connectivity index (χ1n) is 7.25. The van der Waals surface area contributed by atoms with Crippen molar-refractivity contribution in [3.8, 4) is 0 Å². The van der Waals surface area contributed by atoms with Crippen LogP contribution in [0.15, 0.2) is 0 Å². The van der Waals surface area contributed by atoms with Gasteiger partial charge in [-0.05, 0) is 25.7 Å². The number of hydrogen-bond acceptors (Lipinski definition) is 3. The second-order valence-electron chi connectivity index (χ2n) is 5.64. The number of hydrogen-bond donors (Lipinski definition) is 1. The van der Waals surface area contributed by atoms with Crippen LogP contribution in [0.3, 0.4) is 0 Å². The van der Waals surface area contributed by atoms with Gasteiger partial charge in [0.15, 0.2) is 0 Å². The zero-order valence-corrected chi connectivity index (χ0v) is 10.3. The third kappa shape index (κ3) is 2.13. The molecule has 2 unspecified atom stereocenters. The van der Waals surface area contributed by atoms with E-state index in [4.69, 9.17) is 0 Å². The molecule has 3 aliphatic rings. The molecule has 0 aromatic rings. The van der Waals surface area contributed by atoms with Gasteiger partial charge in [0.05, 0.1) is 0 Å². The van der Waals surface area contributed by atoms with Crippen molar-refractivity contribution in [2.75, 3.05) is 13.1 Å². The minimum atomic E-state index is 0.751. The maximum absolute atomic E-state index is 3.76. The molecule has 0 bridgehead atoms. The van der Waals surface area contributed by atoms with Gasteiger partial charge >= 0.3 is 0 Å². The molecule has 1 N–H and O–H groups in total. The zero-order chi connectivity index (χ0) is 10.8. The quantitative estimate of drug-likeness (QED) is 0.680. The number of nitrogens with one attached hydrogen (secondary N) is 1. The van der Waals surface area contributed by atoms with E-state index < -0.39 is 0 Å². The third-order valence-corrected chi connectivity index (χ3v) is 4.49. The first-order valence-corrected chi connectivity index (χ1v) is 7.25. The van der Waals surface area contributed by atoms with Gasteiger partial charge in [0.1, 0.15) is 0 Å². The molecule has 2 heterocycles. The highest BCUT2D eigenvalue weighted by Gasteiger charge is 2.39. The van der Waals surface area contributed by atoms with Gasteiger partial charge in [-0.25, -0.2) is 10.4 Å². The number of hydrazine groups is 2. The normalized spacial score (nSPS) is 38.2. The van der Waals surface area contributed by atoms with Crippen LogP contribution >= 0.6 is 0 Å². The molecule has 3 nitrogen and oxygen atoms in total. The van der Waals surface area contributed by atoms with Crippen LogP contribution in [0.1, 0.15) is 57.8 Å². The summed E-state index contributed by atoms with van der Waals surface area (Å²) >= 11 is 0. The molecule has 0 amide bonds. The van der Waals surface area contributed by atoms with Crippen LogP contribution in [0.25, 0.3) is 0 Å². The second kappa shape index (κ2) is 5.03. The Hall–Kier alpha value is -0.120. The monoisotopic (exact) mass is 223 g/mol. The van der Waals surface area contributed by atoms with E-state index >= 15 is 0 Å². The number of nitrogens with zero attached hydrogens (tertiary/aromatic N) is 2. The molecule has 1 aliphatic carbocycles. The summed E-state index contributed by atoms with van der Waals surface area (Å²) in [4.78, 5) is 0. The Labute approximate surface area is 99.1 Å². The van der Waals surface area contributed by atoms with Gasteiger partial charge in [-0.2, -0.15) is 5.12 Å². The van der Waals surface area contributed by atoms with Crippen molar-refractivity contribution in [2.45, 2.75) is 69.9 Å². The highest BCUT2D eigenvalue weighted by Crippen LogP contribution is 2.29. The van der Waals surface area contributed by atoms with E-state index in [9.17, 15) is 0 Å². The Balaban J connectivity index is 1.71. The van der Waals surface area contributed by atoms with Crippen LogP contribution in [0, 0.1) is 0 Å². The average molecular weight is 223 g/mol. The molecule has 0 aromatic carbocycles. The van der Waals surface area contributed by atoms with Crippen LogP contribution < -0.4 is 5.43 Å². The molecule has 16 heavy (non-hydrogen) atoms. The lowest BCUT2D eigenvalue weighted by Crippen LogP contribution is -2.46. The highest BCUT2D eigenvalue weighted by molar-refractivity contribution is 4.90. The third-order valence-electron chi connectivity index (χ3n) is 4.49. The van der Waals surface area contributed by atoms with Crippen molar-refractivity contribution < 1.29 is 0 Å². The lowest BCUT2D eigenvalue weighted by atomic mass is 10.0. The van der Waals surface area contributed by atoms with E-state index in [-0.39, 0.29) is 0 Å². The van der Waals surface area contributed by atoms with Gasteiger partial charge in [-0.3, -0.25) is 0 Å². The maximum atomic E-state index is 3.76. The van der Waals surface area contributed by atoms with Gasteiger partial charge < -0.3 is 0 Å². The van der Waals surface area contributed by atoms with Crippen molar-refractivity contribution in [1.82, 2.24) is 15.6 Å². The van der Waals surface area contributed by atoms with E-state index in [1.807, 2.05) is 0 Å². The fraction of sp³-hybridized carbons (Fsp3) is 1.00. The van der Waals surface area contributed by atoms with Crippen LogP contribution in [0.5, 0.6) is 0 Å². The Kier molecular flexibility index (Phi) is 3.46. The van der Waals surface area contributed by atoms with E-state index in [1.54, 1.807) is 0 Å². The van der Waals surface area contributed by atoms with E-state index in [0.29, 0.717) is 0 Å². The molecule has 1 saturated carbocycles. The summed E-state index contributed by atoms with van der Waals surface area (Å²) in [5.41, 5.74) is 3.76. The minimum Gasteiger partial charge on any atom is -0.237 e. The number of rotatable bonds is 0. The summed E-state index contributed by atoms with van der Waals surface area (Å²) in [5.74, 6) is 0. The maximum Gasteiger partial charge on any atom is 0.0426 e. The summed E-state index contributed by atoms with van der Waals surface area (Å²) in [6.45, 7) is 2.52. The molecule has 2 aliphatic heterocycles. The molecule has 3 fully saturated rings. The second-order valence-corrected chi connectivity index (χ2v) is 5.64. The van der Waals surface area contributed by atoms with E-state index in [2.05, 4.69) is 15.6 Å². The van der Waals surface area contributed by atoms with Crippen molar-refractivity contribution in [1.29, 1.82) is 0 Å². The molecule has 3 rings (SSSR count). The predicted octanol–water partition coefficient (Wildman–Crippen LogP) is 2.30. The van der Waals surface area contributed by atoms with Gasteiger partial charge in [-0.15, -0.1) is 0 Å². The van der Waals surface area contributed by atoms with Gasteiger partial charge in [-0.1, -0.05) is 32.1 Å². The summed E-state index contributed by atoms with van der Waals surface area (Å²) < 4.78 is 0. The SMILES string of the molecule is C1CCC2NN3CCCCCCN3C2CC1. The minimum absolute atomic E-state index is 0.751. The van der Waals surface area contributed by atoms with Gasteiger partial charge in [0, 0.05) is 25.2 Å². The molecule has 3 heteroatoms. The Morgan fingerprint density at radius 1 is 0.750 bits per heavy atom. The van der Waals surface area contributed by atoms with Gasteiger partial charge in [0.25, 0.3) is 0 Å². The summed E-state index contributed by atoms with van der Waals surface area (Å²) in [7, 11) is 0. The Morgan fingerprint density at radius 3 is 2.44 bits per heavy atom. The Bertz CT molecular complexity index is 231. The average Bonchev–Trinajstić information content (AvgIpc) is 2.47. The smallest absolute Gasteiger partial charge is 0.0426 e. The van der Waals surface area contributed by atoms with Crippen molar-refractivity contribution in [3.63, 3.8) is 0 Å². The number of fused-ring (bicyclic) bond motifs is 3. The van der Waals surface area contributed by atoms with Crippen molar-refractivity contribution in [2.24, 2.45) is 0 Å². The van der Waals surface area contributed by atoms with Crippen molar-refractivity contribution in [3.05, 3.63) is 0 Å². The van der Waals surface area contributed by atoms with E-state index in [1.165, 1.54) is 70.9 Å². The summed E-state index contributed by atoms with van der Waals surface area (Å²) in [5, 5.41) is 5.12. The Morgan fingerprint density at radius 2 is 1.50 bits per heavy atom. The molecule has 0 radical (unpaired) electrons. The fourth-order valence-electron chi connectivity index (χ4n) is 3.61. The molecule has 0 spiro atoms. The lowest BCUT2D eigenvalue weighted by molar-refractivity contribution is -0.0439. The molecule has 2 saturated heterocycles. The van der Waals surface area contributed by atoms with Crippen LogP contribution in [-0.4, -0.2) is 35.3 Å². The van der Waals surface area contributed by atoms with Crippen LogP contribution in [-0.2, 0) is 0 Å². The van der Waals surface area contributed by atoms with Crippen LogP contribution in [0.4, 0.5) is 0 Å². The molecule has 92 valence electrons. The molecular weight excluding hydrogens is 198 g/mol. The fourth-order valence-corrected chi connectivity index (χ4v) is 3.61. The topological polar surface area (TPSA) is 18.5 Å². The zero-order valence-electron chi connectivity index (χ0n) is 10.3. The first kappa shape index (κ1) is 11.0. The summed E-state index contributed by atoms with van der Waals surface area (Å²) in [6.07, 6.45) is 12.7. The van der Waals surface area contributed by atoms with E-state index in [0.717, 1.165) is 12.1 Å². The largest absolute Gasteiger partial charge is 0.237 e. The lowest BCUT2D eigenvalue weighted by Gasteiger charge is -2.32. The van der Waals surface area contributed by atoms with Gasteiger partial charge in [0.2, 0.25) is 0 Å². The molecular formula is C13H25N3. The molecule has 2 atom stereocenters. The standard InChI is InChI=1S/C13H25N3/c1-2-7-11-16-14-12-8-4-3-5-9-13(12)15(16)10-6-1/h12-14H,1-11H2.